The van der Waals surface area contributed by atoms with Crippen molar-refractivity contribution in [1.82, 2.24) is 0 Å². The highest BCUT2D eigenvalue weighted by molar-refractivity contribution is 5.66. The first-order chi connectivity index (χ1) is 5.20. The topological polar surface area (TPSA) is 83.8 Å². The van der Waals surface area contributed by atoms with Crippen LogP contribution < -0.4 is 0 Å². The number of hydrogen-bond acceptors (Lipinski definition) is 5. The van der Waals surface area contributed by atoms with Crippen LogP contribution in [0.5, 0.6) is 0 Å². The van der Waals surface area contributed by atoms with Gasteiger partial charge in [-0.3, -0.25) is 4.79 Å². The molecule has 0 aromatic rings. The molecule has 5 nitrogen and oxygen atoms in total. The summed E-state index contributed by atoms with van der Waals surface area (Å²) in [6.45, 7) is 2.55. The first-order valence-corrected chi connectivity index (χ1v) is 2.88. The van der Waals surface area contributed by atoms with Crippen molar-refractivity contribution in [3.05, 3.63) is 0 Å². The summed E-state index contributed by atoms with van der Waals surface area (Å²) in [6.07, 6.45) is -0.762. The van der Waals surface area contributed by atoms with Crippen molar-refractivity contribution >= 4 is 12.8 Å². The van der Waals surface area contributed by atoms with Gasteiger partial charge in [0, 0.05) is 6.92 Å². The van der Waals surface area contributed by atoms with Crippen LogP contribution in [0.1, 0.15) is 6.92 Å². The molecule has 2 N–H and O–H groups in total. The van der Waals surface area contributed by atoms with Crippen LogP contribution in [0, 0.1) is 0 Å². The van der Waals surface area contributed by atoms with Crippen LogP contribution in [-0.4, -0.2) is 42.3 Å². The second-order valence-electron chi connectivity index (χ2n) is 1.60. The van der Waals surface area contributed by atoms with Gasteiger partial charge in [0.1, 0.15) is 12.9 Å². The van der Waals surface area contributed by atoms with Gasteiger partial charge in [0.15, 0.2) is 0 Å². The fourth-order valence-electron chi connectivity index (χ4n) is 0.367. The summed E-state index contributed by atoms with van der Waals surface area (Å²) in [5, 5.41) is 16.7. The number of hydrogen-bond donors (Lipinski definition) is 2. The van der Waals surface area contributed by atoms with Crippen molar-refractivity contribution in [2.45, 2.75) is 13.0 Å². The Morgan fingerprint density at radius 2 is 1.82 bits per heavy atom. The molecule has 0 unspecified atom stereocenters. The molecule has 0 atom stereocenters. The summed E-state index contributed by atoms with van der Waals surface area (Å²) in [4.78, 5) is 18.1. The Kier molecular flexibility index (Phi) is 10.5. The van der Waals surface area contributed by atoms with Crippen molar-refractivity contribution < 1.29 is 24.5 Å². The minimum atomic E-state index is -0.762. The number of carbonyl (C=O) groups excluding carboxylic acids is 2. The highest BCUT2D eigenvalue weighted by Gasteiger charge is 2.06. The van der Waals surface area contributed by atoms with Gasteiger partial charge in [0.25, 0.3) is 0 Å². The second kappa shape index (κ2) is 9.06. The van der Waals surface area contributed by atoms with E-state index in [2.05, 4.69) is 4.74 Å². The summed E-state index contributed by atoms with van der Waals surface area (Å²) in [7, 11) is 0. The van der Waals surface area contributed by atoms with E-state index >= 15 is 0 Å². The smallest absolute Gasteiger partial charge is 0.303 e. The monoisotopic (exact) mass is 164 g/mol. The molecule has 11 heavy (non-hydrogen) atoms. The van der Waals surface area contributed by atoms with Crippen molar-refractivity contribution in [2.75, 3.05) is 13.2 Å². The molecule has 0 saturated heterocycles. The maximum absolute atomic E-state index is 10.1. The van der Waals surface area contributed by atoms with E-state index in [1.54, 1.807) is 0 Å². The number of rotatable bonds is 3. The largest absolute Gasteiger partial charge is 0.458 e. The van der Waals surface area contributed by atoms with Crippen LogP contribution in [0.3, 0.4) is 0 Å². The first kappa shape index (κ1) is 12.7. The van der Waals surface area contributed by atoms with Gasteiger partial charge in [-0.1, -0.05) is 0 Å². The zero-order chi connectivity index (χ0) is 9.28. The van der Waals surface area contributed by atoms with E-state index in [4.69, 9.17) is 15.0 Å². The summed E-state index contributed by atoms with van der Waals surface area (Å²) in [5.74, 6) is -0.497. The predicted molar refractivity (Wildman–Crippen MR) is 36.8 cm³/mol. The first-order valence-electron chi connectivity index (χ1n) is 2.88. The molecular weight excluding hydrogens is 152 g/mol. The van der Waals surface area contributed by atoms with E-state index in [1.807, 2.05) is 6.79 Å². The van der Waals surface area contributed by atoms with E-state index in [0.29, 0.717) is 0 Å². The van der Waals surface area contributed by atoms with Crippen LogP contribution in [0.4, 0.5) is 0 Å². The third-order valence-electron chi connectivity index (χ3n) is 0.740. The molecule has 0 aliphatic rings. The van der Waals surface area contributed by atoms with Gasteiger partial charge >= 0.3 is 5.97 Å². The Hall–Kier alpha value is -0.940. The number of aliphatic hydroxyl groups is 2. The van der Waals surface area contributed by atoms with Gasteiger partial charge in [0.2, 0.25) is 0 Å². The van der Waals surface area contributed by atoms with Crippen molar-refractivity contribution in [3.63, 3.8) is 0 Å². The van der Waals surface area contributed by atoms with Gasteiger partial charge < -0.3 is 19.7 Å². The molecule has 5 heteroatoms. The summed E-state index contributed by atoms with van der Waals surface area (Å²) in [6, 6.07) is 0. The van der Waals surface area contributed by atoms with Gasteiger partial charge in [-0.15, -0.1) is 0 Å². The lowest BCUT2D eigenvalue weighted by Crippen LogP contribution is -2.24. The van der Waals surface area contributed by atoms with Crippen LogP contribution in [0.15, 0.2) is 0 Å². The molecule has 66 valence electrons. The molecule has 0 heterocycles. The Bertz CT molecular complexity index is 99.1. The van der Waals surface area contributed by atoms with Crippen molar-refractivity contribution in [2.24, 2.45) is 0 Å². The molecular formula is C6H12O5. The van der Waals surface area contributed by atoms with Crippen LogP contribution in [0.2, 0.25) is 0 Å². The van der Waals surface area contributed by atoms with Crippen LogP contribution >= 0.6 is 0 Å². The average molecular weight is 164 g/mol. The number of carbonyl (C=O) groups is 2. The van der Waals surface area contributed by atoms with Gasteiger partial charge in [-0.25, -0.2) is 0 Å². The second-order valence-corrected chi connectivity index (χ2v) is 1.60. The molecule has 0 bridgehead atoms. The fourth-order valence-corrected chi connectivity index (χ4v) is 0.367. The van der Waals surface area contributed by atoms with Gasteiger partial charge in [-0.05, 0) is 0 Å². The molecule has 0 aliphatic carbocycles. The van der Waals surface area contributed by atoms with Gasteiger partial charge in [-0.2, -0.15) is 0 Å². The third-order valence-corrected chi connectivity index (χ3v) is 0.740. The average Bonchev–Trinajstić information content (AvgIpc) is 2.03. The zero-order valence-electron chi connectivity index (χ0n) is 6.32. The lowest BCUT2D eigenvalue weighted by molar-refractivity contribution is -0.150. The minimum absolute atomic E-state index is 0.337. The fraction of sp³-hybridized carbons (Fsp3) is 0.667. The van der Waals surface area contributed by atoms with E-state index in [-0.39, 0.29) is 13.2 Å². The van der Waals surface area contributed by atoms with Crippen molar-refractivity contribution in [3.8, 4) is 0 Å². The SMILES string of the molecule is C=O.CC(=O)OC(CO)CO. The molecule has 0 aromatic carbocycles. The van der Waals surface area contributed by atoms with E-state index in [1.165, 1.54) is 6.92 Å². The minimum Gasteiger partial charge on any atom is -0.458 e. The third kappa shape index (κ3) is 9.06. The maximum atomic E-state index is 10.1. The molecule has 0 rings (SSSR count). The normalized spacial score (nSPS) is 8.36. The lowest BCUT2D eigenvalue weighted by atomic mass is 10.4. The zero-order valence-corrected chi connectivity index (χ0v) is 6.32. The Morgan fingerprint density at radius 1 is 1.45 bits per heavy atom. The Balaban J connectivity index is 0. The standard InChI is InChI=1S/C5H10O4.CH2O/c1-4(8)9-5(2-6)3-7;1-2/h5-7H,2-3H2,1H3;1H2. The molecule has 0 aromatic heterocycles. The van der Waals surface area contributed by atoms with Crippen LogP contribution in [-0.2, 0) is 14.3 Å². The molecule has 0 amide bonds. The number of aliphatic hydroxyl groups excluding tert-OH is 2. The van der Waals surface area contributed by atoms with E-state index in [9.17, 15) is 4.79 Å². The van der Waals surface area contributed by atoms with Gasteiger partial charge in [0.05, 0.1) is 13.2 Å². The quantitative estimate of drug-likeness (QED) is 0.507. The van der Waals surface area contributed by atoms with Crippen LogP contribution in [0.25, 0.3) is 0 Å². The molecule has 0 aliphatic heterocycles. The molecule has 0 radical (unpaired) electrons. The Labute approximate surface area is 64.6 Å². The number of ether oxygens (including phenoxy) is 1. The maximum Gasteiger partial charge on any atom is 0.303 e. The number of esters is 1. The molecule has 0 saturated carbocycles. The lowest BCUT2D eigenvalue weighted by Gasteiger charge is -2.09. The van der Waals surface area contributed by atoms with E-state index in [0.717, 1.165) is 0 Å². The van der Waals surface area contributed by atoms with E-state index < -0.39 is 12.1 Å². The molecule has 0 fully saturated rings. The highest BCUT2D eigenvalue weighted by atomic mass is 16.6. The molecule has 0 spiro atoms. The summed E-state index contributed by atoms with van der Waals surface area (Å²) >= 11 is 0. The highest BCUT2D eigenvalue weighted by Crippen LogP contribution is 1.88. The Morgan fingerprint density at radius 3 is 1.91 bits per heavy atom. The summed E-state index contributed by atoms with van der Waals surface area (Å²) in [5.41, 5.74) is 0. The predicted octanol–water partition coefficient (Wildman–Crippen LogP) is -1.28. The van der Waals surface area contributed by atoms with Crippen molar-refractivity contribution in [1.29, 1.82) is 0 Å². The summed E-state index contributed by atoms with van der Waals surface area (Å²) < 4.78 is 4.41.